The van der Waals surface area contributed by atoms with Crippen LogP contribution in [0.1, 0.15) is 39.5 Å². The van der Waals surface area contributed by atoms with Crippen molar-refractivity contribution in [3.05, 3.63) is 0 Å². The molecule has 1 N–H and O–H groups in total. The van der Waals surface area contributed by atoms with Crippen molar-refractivity contribution in [1.29, 1.82) is 0 Å². The van der Waals surface area contributed by atoms with Crippen molar-refractivity contribution in [1.82, 2.24) is 5.32 Å². The van der Waals surface area contributed by atoms with Crippen molar-refractivity contribution in [3.8, 4) is 0 Å². The molecule has 1 aliphatic rings. The lowest BCUT2D eigenvalue weighted by Gasteiger charge is -2.23. The third kappa shape index (κ3) is 4.26. The lowest BCUT2D eigenvalue weighted by Crippen LogP contribution is -2.43. The molecule has 0 bridgehead atoms. The molecule has 3 nitrogen and oxygen atoms in total. The van der Waals surface area contributed by atoms with Crippen molar-refractivity contribution in [2.75, 3.05) is 13.2 Å². The van der Waals surface area contributed by atoms with Crippen LogP contribution in [0.25, 0.3) is 0 Å². The van der Waals surface area contributed by atoms with Crippen LogP contribution in [0.2, 0.25) is 0 Å². The molecule has 1 fully saturated rings. The molecule has 15 heavy (non-hydrogen) atoms. The zero-order chi connectivity index (χ0) is 11.3. The summed E-state index contributed by atoms with van der Waals surface area (Å²) in [5, 5.41) is 3.45. The maximum atomic E-state index is 11.6. The Morgan fingerprint density at radius 1 is 1.53 bits per heavy atom. The van der Waals surface area contributed by atoms with Gasteiger partial charge in [0.15, 0.2) is 0 Å². The number of hydrogen-bond acceptors (Lipinski definition) is 3. The van der Waals surface area contributed by atoms with Crippen molar-refractivity contribution >= 4 is 28.6 Å². The summed E-state index contributed by atoms with van der Waals surface area (Å²) in [6.45, 7) is 4.93. The van der Waals surface area contributed by atoms with Crippen LogP contribution in [0.15, 0.2) is 0 Å². The average molecular weight is 325 g/mol. The van der Waals surface area contributed by atoms with E-state index in [4.69, 9.17) is 4.74 Å². The van der Waals surface area contributed by atoms with E-state index in [0.29, 0.717) is 19.2 Å². The van der Waals surface area contributed by atoms with Gasteiger partial charge in [0, 0.05) is 12.6 Å². The highest BCUT2D eigenvalue weighted by Gasteiger charge is 2.32. The molecule has 0 aromatic heterocycles. The Bertz CT molecular complexity index is 213. The number of alkyl halides is 1. The van der Waals surface area contributed by atoms with Gasteiger partial charge < -0.3 is 10.1 Å². The molecular weight excluding hydrogens is 305 g/mol. The van der Waals surface area contributed by atoms with Crippen LogP contribution in [0.3, 0.4) is 0 Å². The second-order valence-corrected chi connectivity index (χ2v) is 6.66. The second-order valence-electron chi connectivity index (χ2n) is 4.28. The summed E-state index contributed by atoms with van der Waals surface area (Å²) >= 11 is 2.17. The number of nitrogens with one attached hydrogen (secondary N) is 1. The van der Waals surface area contributed by atoms with E-state index in [0.717, 1.165) is 0 Å². The smallest absolute Gasteiger partial charge is 0.323 e. The lowest BCUT2D eigenvalue weighted by molar-refractivity contribution is -0.144. The quantitative estimate of drug-likeness (QED) is 0.479. The summed E-state index contributed by atoms with van der Waals surface area (Å²) in [7, 11) is 0. The van der Waals surface area contributed by atoms with Gasteiger partial charge >= 0.3 is 5.97 Å². The van der Waals surface area contributed by atoms with Gasteiger partial charge in [-0.05, 0) is 26.7 Å². The number of esters is 1. The topological polar surface area (TPSA) is 38.3 Å². The highest BCUT2D eigenvalue weighted by atomic mass is 127. The van der Waals surface area contributed by atoms with E-state index < -0.39 is 3.42 Å². The molecule has 88 valence electrons. The molecule has 0 amide bonds. The molecule has 1 rings (SSSR count). The third-order valence-corrected chi connectivity index (χ3v) is 3.60. The minimum Gasteiger partial charge on any atom is -0.465 e. The van der Waals surface area contributed by atoms with Gasteiger partial charge in [-0.3, -0.25) is 4.79 Å². The summed E-state index contributed by atoms with van der Waals surface area (Å²) in [5.41, 5.74) is 0. The first-order chi connectivity index (χ1) is 7.06. The SMILES string of the molecule is CCOC(=O)C(C)(I)CNC1CCCC1. The van der Waals surface area contributed by atoms with Gasteiger partial charge in [0.25, 0.3) is 0 Å². The summed E-state index contributed by atoms with van der Waals surface area (Å²) in [6, 6.07) is 0.605. The Kier molecular flexibility index (Phi) is 5.32. The zero-order valence-electron chi connectivity index (χ0n) is 9.51. The normalized spacial score (nSPS) is 21.3. The van der Waals surface area contributed by atoms with Crippen molar-refractivity contribution in [3.63, 3.8) is 0 Å². The predicted molar refractivity (Wildman–Crippen MR) is 69.3 cm³/mol. The summed E-state index contributed by atoms with van der Waals surface area (Å²) in [6.07, 6.45) is 5.12. The Balaban J connectivity index is 2.30. The number of ether oxygens (including phenoxy) is 1. The molecule has 0 aliphatic heterocycles. The van der Waals surface area contributed by atoms with Gasteiger partial charge in [-0.15, -0.1) is 0 Å². The van der Waals surface area contributed by atoms with Crippen LogP contribution in [0.4, 0.5) is 0 Å². The molecule has 0 spiro atoms. The van der Waals surface area contributed by atoms with Crippen LogP contribution in [0, 0.1) is 0 Å². The minimum absolute atomic E-state index is 0.115. The standard InChI is InChI=1S/C11H20INO2/c1-3-15-10(14)11(2,12)8-13-9-6-4-5-7-9/h9,13H,3-8H2,1-2H3. The molecular formula is C11H20INO2. The molecule has 0 heterocycles. The number of carbonyl (C=O) groups is 1. The first-order valence-electron chi connectivity index (χ1n) is 5.66. The molecule has 4 heteroatoms. The van der Waals surface area contributed by atoms with E-state index in [1.54, 1.807) is 0 Å². The first-order valence-corrected chi connectivity index (χ1v) is 6.73. The van der Waals surface area contributed by atoms with Gasteiger partial charge in [-0.25, -0.2) is 0 Å². The molecule has 1 aliphatic carbocycles. The highest BCUT2D eigenvalue weighted by molar-refractivity contribution is 14.1. The van der Waals surface area contributed by atoms with Crippen molar-refractivity contribution < 1.29 is 9.53 Å². The van der Waals surface area contributed by atoms with E-state index in [1.165, 1.54) is 25.7 Å². The Morgan fingerprint density at radius 3 is 2.67 bits per heavy atom. The van der Waals surface area contributed by atoms with E-state index in [2.05, 4.69) is 27.9 Å². The second kappa shape index (κ2) is 6.03. The van der Waals surface area contributed by atoms with Gasteiger partial charge in [0.1, 0.15) is 3.42 Å². The zero-order valence-corrected chi connectivity index (χ0v) is 11.7. The molecule has 0 aromatic carbocycles. The number of carbonyl (C=O) groups excluding carboxylic acids is 1. The Hall–Kier alpha value is 0.160. The predicted octanol–water partition coefficient (Wildman–Crippen LogP) is 2.28. The van der Waals surface area contributed by atoms with Gasteiger partial charge in [-0.2, -0.15) is 0 Å². The third-order valence-electron chi connectivity index (χ3n) is 2.78. The van der Waals surface area contributed by atoms with Gasteiger partial charge in [-0.1, -0.05) is 35.4 Å². The molecule has 0 saturated heterocycles. The Labute approximate surface area is 105 Å². The maximum absolute atomic E-state index is 11.6. The average Bonchev–Trinajstić information content (AvgIpc) is 2.68. The number of rotatable bonds is 5. The molecule has 1 unspecified atom stereocenters. The van der Waals surface area contributed by atoms with Gasteiger partial charge in [0.05, 0.1) is 6.61 Å². The van der Waals surface area contributed by atoms with Crippen molar-refractivity contribution in [2.45, 2.75) is 49.0 Å². The van der Waals surface area contributed by atoms with Crippen LogP contribution in [-0.4, -0.2) is 28.6 Å². The van der Waals surface area contributed by atoms with Crippen molar-refractivity contribution in [2.24, 2.45) is 0 Å². The lowest BCUT2D eigenvalue weighted by atomic mass is 10.1. The minimum atomic E-state index is -0.434. The van der Waals surface area contributed by atoms with Crippen LogP contribution < -0.4 is 5.32 Å². The largest absolute Gasteiger partial charge is 0.465 e. The van der Waals surface area contributed by atoms with E-state index in [1.807, 2.05) is 13.8 Å². The number of halogens is 1. The van der Waals surface area contributed by atoms with E-state index >= 15 is 0 Å². The summed E-state index contributed by atoms with van der Waals surface area (Å²) < 4.78 is 4.60. The maximum Gasteiger partial charge on any atom is 0.323 e. The van der Waals surface area contributed by atoms with E-state index in [-0.39, 0.29) is 5.97 Å². The molecule has 1 atom stereocenters. The molecule has 0 radical (unpaired) electrons. The highest BCUT2D eigenvalue weighted by Crippen LogP contribution is 2.22. The van der Waals surface area contributed by atoms with Crippen LogP contribution >= 0.6 is 22.6 Å². The fourth-order valence-electron chi connectivity index (χ4n) is 1.82. The summed E-state index contributed by atoms with van der Waals surface area (Å²) in [4.78, 5) is 11.6. The molecule has 1 saturated carbocycles. The number of hydrogen-bond donors (Lipinski definition) is 1. The summed E-state index contributed by atoms with van der Waals surface area (Å²) in [5.74, 6) is -0.115. The van der Waals surface area contributed by atoms with Crippen LogP contribution in [0.5, 0.6) is 0 Å². The van der Waals surface area contributed by atoms with E-state index in [9.17, 15) is 4.79 Å². The Morgan fingerprint density at radius 2 is 2.13 bits per heavy atom. The fourth-order valence-corrected chi connectivity index (χ4v) is 2.20. The molecule has 0 aromatic rings. The van der Waals surface area contributed by atoms with Gasteiger partial charge in [0.2, 0.25) is 0 Å². The fraction of sp³-hybridized carbons (Fsp3) is 0.909. The monoisotopic (exact) mass is 325 g/mol. The first kappa shape index (κ1) is 13.2. The van der Waals surface area contributed by atoms with Crippen LogP contribution in [-0.2, 0) is 9.53 Å².